The first-order chi connectivity index (χ1) is 9.53. The standard InChI is InChI=1S/C14H19F3N2O/c15-14(16,17)10-20-13-7-6-12(9-19-13)18-8-11-4-2-1-3-5-11/h6-7,9,11,18H,1-5,8,10H2. The molecule has 0 unspecified atom stereocenters. The fourth-order valence-corrected chi connectivity index (χ4v) is 2.38. The largest absolute Gasteiger partial charge is 0.468 e. The maximum atomic E-state index is 12.0. The summed E-state index contributed by atoms with van der Waals surface area (Å²) in [4.78, 5) is 3.86. The Morgan fingerprint density at radius 2 is 1.95 bits per heavy atom. The first kappa shape index (κ1) is 14.9. The first-order valence-corrected chi connectivity index (χ1v) is 6.92. The molecule has 20 heavy (non-hydrogen) atoms. The lowest BCUT2D eigenvalue weighted by molar-refractivity contribution is -0.154. The molecule has 1 fully saturated rings. The van der Waals surface area contributed by atoms with E-state index in [1.54, 1.807) is 6.07 Å². The molecule has 0 atom stereocenters. The topological polar surface area (TPSA) is 34.1 Å². The molecule has 6 heteroatoms. The van der Waals surface area contributed by atoms with Crippen LogP contribution in [0, 0.1) is 5.92 Å². The van der Waals surface area contributed by atoms with Gasteiger partial charge < -0.3 is 10.1 Å². The molecule has 2 rings (SSSR count). The molecule has 0 saturated heterocycles. The van der Waals surface area contributed by atoms with Crippen molar-refractivity contribution in [3.05, 3.63) is 18.3 Å². The van der Waals surface area contributed by atoms with Gasteiger partial charge in [-0.2, -0.15) is 13.2 Å². The SMILES string of the molecule is FC(F)(F)COc1ccc(NCC2CCCCC2)cn1. The fourth-order valence-electron chi connectivity index (χ4n) is 2.38. The van der Waals surface area contributed by atoms with Crippen molar-refractivity contribution in [3.63, 3.8) is 0 Å². The zero-order valence-corrected chi connectivity index (χ0v) is 11.2. The molecule has 0 bridgehead atoms. The van der Waals surface area contributed by atoms with Gasteiger partial charge in [0.15, 0.2) is 6.61 Å². The average molecular weight is 288 g/mol. The van der Waals surface area contributed by atoms with Gasteiger partial charge in [-0.05, 0) is 24.8 Å². The molecule has 1 aliphatic carbocycles. The molecule has 0 aromatic carbocycles. The highest BCUT2D eigenvalue weighted by Gasteiger charge is 2.28. The number of pyridine rings is 1. The summed E-state index contributed by atoms with van der Waals surface area (Å²) in [6.07, 6.45) is 3.56. The van der Waals surface area contributed by atoms with Crippen LogP contribution < -0.4 is 10.1 Å². The Hall–Kier alpha value is -1.46. The smallest absolute Gasteiger partial charge is 0.422 e. The van der Waals surface area contributed by atoms with Crippen molar-refractivity contribution in [2.24, 2.45) is 5.92 Å². The summed E-state index contributed by atoms with van der Waals surface area (Å²) >= 11 is 0. The monoisotopic (exact) mass is 288 g/mol. The molecule has 0 spiro atoms. The van der Waals surface area contributed by atoms with Crippen molar-refractivity contribution in [3.8, 4) is 5.88 Å². The van der Waals surface area contributed by atoms with Crippen molar-refractivity contribution in [2.75, 3.05) is 18.5 Å². The average Bonchev–Trinajstić information content (AvgIpc) is 2.44. The molecule has 1 aromatic rings. The van der Waals surface area contributed by atoms with Crippen LogP contribution in [0.4, 0.5) is 18.9 Å². The molecule has 112 valence electrons. The van der Waals surface area contributed by atoms with E-state index < -0.39 is 12.8 Å². The van der Waals surface area contributed by atoms with Crippen molar-refractivity contribution >= 4 is 5.69 Å². The third-order valence-electron chi connectivity index (χ3n) is 3.44. The van der Waals surface area contributed by atoms with Gasteiger partial charge in [0.05, 0.1) is 11.9 Å². The van der Waals surface area contributed by atoms with E-state index in [4.69, 9.17) is 0 Å². The Labute approximate surface area is 116 Å². The lowest BCUT2D eigenvalue weighted by Gasteiger charge is -2.22. The number of aromatic nitrogens is 1. The number of nitrogens with zero attached hydrogens (tertiary/aromatic N) is 1. The van der Waals surface area contributed by atoms with E-state index in [1.807, 2.05) is 0 Å². The van der Waals surface area contributed by atoms with Crippen LogP contribution in [0.2, 0.25) is 0 Å². The first-order valence-electron chi connectivity index (χ1n) is 6.92. The quantitative estimate of drug-likeness (QED) is 0.888. The zero-order chi connectivity index (χ0) is 14.4. The van der Waals surface area contributed by atoms with E-state index in [1.165, 1.54) is 44.4 Å². The summed E-state index contributed by atoms with van der Waals surface area (Å²) in [6, 6.07) is 3.15. The highest BCUT2D eigenvalue weighted by molar-refractivity contribution is 5.42. The molecule has 3 nitrogen and oxygen atoms in total. The van der Waals surface area contributed by atoms with Crippen molar-refractivity contribution < 1.29 is 17.9 Å². The second kappa shape index (κ2) is 6.81. The minimum atomic E-state index is -4.33. The van der Waals surface area contributed by atoms with Crippen LogP contribution >= 0.6 is 0 Å². The Morgan fingerprint density at radius 3 is 2.55 bits per heavy atom. The zero-order valence-electron chi connectivity index (χ0n) is 11.2. The summed E-state index contributed by atoms with van der Waals surface area (Å²) in [5.74, 6) is 0.676. The highest BCUT2D eigenvalue weighted by Crippen LogP contribution is 2.24. The summed E-state index contributed by atoms with van der Waals surface area (Å²) in [5.41, 5.74) is 0.815. The fraction of sp³-hybridized carbons (Fsp3) is 0.643. The lowest BCUT2D eigenvalue weighted by atomic mass is 9.89. The number of hydrogen-bond acceptors (Lipinski definition) is 3. The van der Waals surface area contributed by atoms with Gasteiger partial charge in [-0.3, -0.25) is 0 Å². The van der Waals surface area contributed by atoms with Crippen LogP contribution in [0.25, 0.3) is 0 Å². The summed E-state index contributed by atoms with van der Waals surface area (Å²) < 4.78 is 40.5. The van der Waals surface area contributed by atoms with Gasteiger partial charge in [0, 0.05) is 12.6 Å². The normalized spacial score (nSPS) is 16.9. The van der Waals surface area contributed by atoms with E-state index in [2.05, 4.69) is 15.0 Å². The number of anilines is 1. The Kier molecular flexibility index (Phi) is 5.09. The highest BCUT2D eigenvalue weighted by atomic mass is 19.4. The van der Waals surface area contributed by atoms with Crippen LogP contribution in [0.1, 0.15) is 32.1 Å². The predicted octanol–water partition coefficient (Wildman–Crippen LogP) is 4.01. The van der Waals surface area contributed by atoms with Gasteiger partial charge in [-0.1, -0.05) is 19.3 Å². The number of rotatable bonds is 5. The summed E-state index contributed by atoms with van der Waals surface area (Å²) in [7, 11) is 0. The van der Waals surface area contributed by atoms with Gasteiger partial charge >= 0.3 is 6.18 Å². The van der Waals surface area contributed by atoms with Crippen LogP contribution in [0.15, 0.2) is 18.3 Å². The van der Waals surface area contributed by atoms with Gasteiger partial charge in [0.1, 0.15) is 0 Å². The van der Waals surface area contributed by atoms with Crippen molar-refractivity contribution in [1.82, 2.24) is 4.98 Å². The third-order valence-corrected chi connectivity index (χ3v) is 3.44. The second-order valence-corrected chi connectivity index (χ2v) is 5.17. The summed E-state index contributed by atoms with van der Waals surface area (Å²) in [6.45, 7) is -0.417. The number of hydrogen-bond donors (Lipinski definition) is 1. The van der Waals surface area contributed by atoms with Gasteiger partial charge in [0.2, 0.25) is 5.88 Å². The molecular formula is C14H19F3N2O. The summed E-state index contributed by atoms with van der Waals surface area (Å²) in [5, 5.41) is 3.27. The van der Waals surface area contributed by atoms with Gasteiger partial charge in [-0.15, -0.1) is 0 Å². The molecule has 1 saturated carbocycles. The number of halogens is 3. The Morgan fingerprint density at radius 1 is 1.20 bits per heavy atom. The minimum absolute atomic E-state index is 0.00876. The van der Waals surface area contributed by atoms with Crippen LogP contribution in [0.5, 0.6) is 5.88 Å². The second-order valence-electron chi connectivity index (χ2n) is 5.17. The Bertz CT molecular complexity index is 400. The van der Waals surface area contributed by atoms with Gasteiger partial charge in [-0.25, -0.2) is 4.98 Å². The van der Waals surface area contributed by atoms with Crippen LogP contribution in [-0.2, 0) is 0 Å². The Balaban J connectivity index is 1.76. The number of nitrogens with one attached hydrogen (secondary N) is 1. The predicted molar refractivity (Wildman–Crippen MR) is 70.9 cm³/mol. The lowest BCUT2D eigenvalue weighted by Crippen LogP contribution is -2.19. The molecule has 1 N–H and O–H groups in total. The molecule has 1 heterocycles. The van der Waals surface area contributed by atoms with Crippen molar-refractivity contribution in [1.29, 1.82) is 0 Å². The number of ether oxygens (including phenoxy) is 1. The van der Waals surface area contributed by atoms with E-state index in [-0.39, 0.29) is 5.88 Å². The minimum Gasteiger partial charge on any atom is -0.468 e. The maximum Gasteiger partial charge on any atom is 0.422 e. The molecule has 1 aliphatic rings. The van der Waals surface area contributed by atoms with E-state index in [9.17, 15) is 13.2 Å². The molecular weight excluding hydrogens is 269 g/mol. The number of alkyl halides is 3. The molecule has 0 radical (unpaired) electrons. The van der Waals surface area contributed by atoms with E-state index in [0.717, 1.165) is 12.2 Å². The van der Waals surface area contributed by atoms with E-state index in [0.29, 0.717) is 5.92 Å². The van der Waals surface area contributed by atoms with E-state index >= 15 is 0 Å². The maximum absolute atomic E-state index is 12.0. The van der Waals surface area contributed by atoms with Crippen LogP contribution in [-0.4, -0.2) is 24.3 Å². The molecule has 0 aliphatic heterocycles. The van der Waals surface area contributed by atoms with Gasteiger partial charge in [0.25, 0.3) is 0 Å². The third kappa shape index (κ3) is 5.27. The molecule has 0 amide bonds. The van der Waals surface area contributed by atoms with Crippen LogP contribution in [0.3, 0.4) is 0 Å². The van der Waals surface area contributed by atoms with Crippen molar-refractivity contribution in [2.45, 2.75) is 38.3 Å². The molecule has 1 aromatic heterocycles.